The summed E-state index contributed by atoms with van der Waals surface area (Å²) in [7, 11) is 1.78. The van der Waals surface area contributed by atoms with Gasteiger partial charge in [-0.2, -0.15) is 4.98 Å². The number of hydrogen-bond acceptors (Lipinski definition) is 6. The van der Waals surface area contributed by atoms with Gasteiger partial charge >= 0.3 is 6.01 Å². The van der Waals surface area contributed by atoms with E-state index in [0.717, 1.165) is 5.69 Å². The molecule has 0 aliphatic rings. The molecule has 0 atom stereocenters. The molecule has 0 aromatic carbocycles. The summed E-state index contributed by atoms with van der Waals surface area (Å²) in [4.78, 5) is 3.93. The molecule has 0 saturated carbocycles. The molecule has 0 fully saturated rings. The number of hydrogen-bond donors (Lipinski definition) is 1. The lowest BCUT2D eigenvalue weighted by Crippen LogP contribution is -2.09. The molecule has 2 aromatic heterocycles. The van der Waals surface area contributed by atoms with Gasteiger partial charge in [-0.25, -0.2) is 4.68 Å². The fourth-order valence-electron chi connectivity index (χ4n) is 1.16. The van der Waals surface area contributed by atoms with Crippen molar-refractivity contribution in [1.29, 1.82) is 0 Å². The van der Waals surface area contributed by atoms with Crippen molar-refractivity contribution in [1.82, 2.24) is 29.8 Å². The predicted molar refractivity (Wildman–Crippen MR) is 54.4 cm³/mol. The average molecular weight is 223 g/mol. The molecular formula is C8H13N7O. The van der Waals surface area contributed by atoms with Gasteiger partial charge in [-0.15, -0.1) is 10.2 Å². The first-order chi connectivity index (χ1) is 7.78. The molecular weight excluding hydrogens is 210 g/mol. The third-order valence-electron chi connectivity index (χ3n) is 1.93. The summed E-state index contributed by atoms with van der Waals surface area (Å²) < 4.78 is 8.56. The maximum Gasteiger partial charge on any atom is 0.335 e. The van der Waals surface area contributed by atoms with Crippen molar-refractivity contribution in [2.45, 2.75) is 13.1 Å². The maximum absolute atomic E-state index is 5.42. The number of aromatic nitrogens is 6. The van der Waals surface area contributed by atoms with Gasteiger partial charge in [0.2, 0.25) is 0 Å². The van der Waals surface area contributed by atoms with E-state index in [0.29, 0.717) is 25.7 Å². The second kappa shape index (κ2) is 4.71. The van der Waals surface area contributed by atoms with Gasteiger partial charge < -0.3 is 10.5 Å². The Morgan fingerprint density at radius 3 is 3.00 bits per heavy atom. The zero-order valence-corrected chi connectivity index (χ0v) is 8.94. The normalized spacial score (nSPS) is 10.6. The quantitative estimate of drug-likeness (QED) is 0.694. The largest absolute Gasteiger partial charge is 0.460 e. The lowest BCUT2D eigenvalue weighted by molar-refractivity contribution is 0.268. The molecule has 0 bridgehead atoms. The van der Waals surface area contributed by atoms with E-state index in [1.54, 1.807) is 28.9 Å². The van der Waals surface area contributed by atoms with Crippen LogP contribution in [0.15, 0.2) is 12.5 Å². The lowest BCUT2D eigenvalue weighted by atomic mass is 10.5. The van der Waals surface area contributed by atoms with Gasteiger partial charge in [-0.1, -0.05) is 5.21 Å². The van der Waals surface area contributed by atoms with Gasteiger partial charge in [-0.3, -0.25) is 4.68 Å². The third kappa shape index (κ3) is 2.54. The Bertz CT molecular complexity index is 449. The first kappa shape index (κ1) is 10.6. The molecule has 2 aromatic rings. The van der Waals surface area contributed by atoms with Crippen LogP contribution in [0.25, 0.3) is 0 Å². The van der Waals surface area contributed by atoms with Crippen LogP contribution in [0, 0.1) is 0 Å². The third-order valence-corrected chi connectivity index (χ3v) is 1.93. The van der Waals surface area contributed by atoms with E-state index in [1.165, 1.54) is 0 Å². The van der Waals surface area contributed by atoms with E-state index >= 15 is 0 Å². The Labute approximate surface area is 92.0 Å². The van der Waals surface area contributed by atoms with Crippen LogP contribution in [0.1, 0.15) is 5.69 Å². The lowest BCUT2D eigenvalue weighted by Gasteiger charge is -2.00. The van der Waals surface area contributed by atoms with Crippen LogP contribution in [-0.4, -0.2) is 36.4 Å². The minimum Gasteiger partial charge on any atom is -0.460 e. The standard InChI is InChI=1S/C8H13N7O/c1-14-6-10-8(12-14)16-3-2-15-5-7(4-9)11-13-15/h5-6H,2-4,9H2,1H3. The second-order valence-corrected chi connectivity index (χ2v) is 3.23. The van der Waals surface area contributed by atoms with E-state index < -0.39 is 0 Å². The molecule has 2 heterocycles. The van der Waals surface area contributed by atoms with Crippen molar-refractivity contribution in [3.63, 3.8) is 0 Å². The van der Waals surface area contributed by atoms with Crippen molar-refractivity contribution in [2.75, 3.05) is 6.61 Å². The fourth-order valence-corrected chi connectivity index (χ4v) is 1.16. The number of aryl methyl sites for hydroxylation is 1. The average Bonchev–Trinajstić information content (AvgIpc) is 2.88. The zero-order valence-electron chi connectivity index (χ0n) is 8.94. The van der Waals surface area contributed by atoms with Gasteiger partial charge in [0.25, 0.3) is 0 Å². The van der Waals surface area contributed by atoms with E-state index in [-0.39, 0.29) is 0 Å². The molecule has 0 unspecified atom stereocenters. The fraction of sp³-hybridized carbons (Fsp3) is 0.500. The van der Waals surface area contributed by atoms with Crippen molar-refractivity contribution in [3.05, 3.63) is 18.2 Å². The van der Waals surface area contributed by atoms with Crippen molar-refractivity contribution in [2.24, 2.45) is 12.8 Å². The number of nitrogens with two attached hydrogens (primary N) is 1. The summed E-state index contributed by atoms with van der Waals surface area (Å²) >= 11 is 0. The Morgan fingerprint density at radius 2 is 2.38 bits per heavy atom. The highest BCUT2D eigenvalue weighted by Crippen LogP contribution is 1.98. The monoisotopic (exact) mass is 223 g/mol. The van der Waals surface area contributed by atoms with Crippen LogP contribution in [0.4, 0.5) is 0 Å². The molecule has 16 heavy (non-hydrogen) atoms. The zero-order chi connectivity index (χ0) is 11.4. The molecule has 0 amide bonds. The Kier molecular flexibility index (Phi) is 3.10. The van der Waals surface area contributed by atoms with Gasteiger partial charge in [0, 0.05) is 19.8 Å². The van der Waals surface area contributed by atoms with Crippen LogP contribution in [0.3, 0.4) is 0 Å². The molecule has 0 aliphatic carbocycles. The molecule has 8 nitrogen and oxygen atoms in total. The van der Waals surface area contributed by atoms with Gasteiger partial charge in [0.1, 0.15) is 12.9 Å². The first-order valence-electron chi connectivity index (χ1n) is 4.85. The Morgan fingerprint density at radius 1 is 1.50 bits per heavy atom. The highest BCUT2D eigenvalue weighted by Gasteiger charge is 2.01. The topological polar surface area (TPSA) is 96.7 Å². The van der Waals surface area contributed by atoms with E-state index in [2.05, 4.69) is 20.4 Å². The van der Waals surface area contributed by atoms with Crippen molar-refractivity contribution >= 4 is 0 Å². The second-order valence-electron chi connectivity index (χ2n) is 3.23. The molecule has 2 rings (SSSR count). The Balaban J connectivity index is 1.79. The van der Waals surface area contributed by atoms with E-state index in [4.69, 9.17) is 10.5 Å². The van der Waals surface area contributed by atoms with Crippen LogP contribution < -0.4 is 10.5 Å². The van der Waals surface area contributed by atoms with Crippen molar-refractivity contribution < 1.29 is 4.74 Å². The van der Waals surface area contributed by atoms with Crippen LogP contribution >= 0.6 is 0 Å². The molecule has 86 valence electrons. The highest BCUT2D eigenvalue weighted by molar-refractivity contribution is 4.90. The van der Waals surface area contributed by atoms with Gasteiger partial charge in [0.15, 0.2) is 0 Å². The van der Waals surface area contributed by atoms with Gasteiger partial charge in [-0.05, 0) is 0 Å². The van der Waals surface area contributed by atoms with Crippen molar-refractivity contribution in [3.8, 4) is 6.01 Å². The first-order valence-corrected chi connectivity index (χ1v) is 4.85. The van der Waals surface area contributed by atoms with Crippen LogP contribution in [0.5, 0.6) is 6.01 Å². The molecule has 0 radical (unpaired) electrons. The summed E-state index contributed by atoms with van der Waals surface area (Å²) in [5.41, 5.74) is 6.18. The van der Waals surface area contributed by atoms with Crippen LogP contribution in [0.2, 0.25) is 0 Å². The SMILES string of the molecule is Cn1cnc(OCCn2cc(CN)nn2)n1. The molecule has 2 N–H and O–H groups in total. The van der Waals surface area contributed by atoms with E-state index in [1.807, 2.05) is 0 Å². The summed E-state index contributed by atoms with van der Waals surface area (Å²) in [6.45, 7) is 1.42. The smallest absolute Gasteiger partial charge is 0.335 e. The van der Waals surface area contributed by atoms with Gasteiger partial charge in [0.05, 0.1) is 12.2 Å². The summed E-state index contributed by atoms with van der Waals surface area (Å²) in [6.07, 6.45) is 3.37. The summed E-state index contributed by atoms with van der Waals surface area (Å²) in [6, 6.07) is 0.363. The predicted octanol–water partition coefficient (Wildman–Crippen LogP) is -1.06. The summed E-state index contributed by atoms with van der Waals surface area (Å²) in [5, 5.41) is 11.7. The molecule has 0 aliphatic heterocycles. The summed E-state index contributed by atoms with van der Waals surface area (Å²) in [5.74, 6) is 0. The molecule has 8 heteroatoms. The number of ether oxygens (including phenoxy) is 1. The minimum absolute atomic E-state index is 0.363. The molecule has 0 spiro atoms. The number of nitrogens with zero attached hydrogens (tertiary/aromatic N) is 6. The minimum atomic E-state index is 0.363. The molecule has 0 saturated heterocycles. The maximum atomic E-state index is 5.42. The highest BCUT2D eigenvalue weighted by atomic mass is 16.5. The number of rotatable bonds is 5. The van der Waals surface area contributed by atoms with Crippen LogP contribution in [-0.2, 0) is 20.1 Å². The Hall–Kier alpha value is -1.96. The van der Waals surface area contributed by atoms with E-state index in [9.17, 15) is 0 Å².